The second-order valence-electron chi connectivity index (χ2n) is 7.97. The second kappa shape index (κ2) is 8.72. The van der Waals surface area contributed by atoms with Crippen molar-refractivity contribution in [1.82, 2.24) is 16.2 Å². The highest BCUT2D eigenvalue weighted by molar-refractivity contribution is 7.91. The molecule has 1 aliphatic rings. The molecule has 2 rings (SSSR count). The molecule has 1 fully saturated rings. The van der Waals surface area contributed by atoms with Crippen LogP contribution in [0.25, 0.3) is 0 Å². The van der Waals surface area contributed by atoms with E-state index in [2.05, 4.69) is 36.9 Å². The summed E-state index contributed by atoms with van der Waals surface area (Å²) in [7, 11) is -3.16. The topological polar surface area (TPSA) is 121 Å². The Morgan fingerprint density at radius 3 is 2.25 bits per heavy atom. The molecule has 0 aromatic heterocycles. The zero-order valence-corrected chi connectivity index (χ0v) is 17.2. The van der Waals surface area contributed by atoms with Crippen LogP contribution in [0.4, 0.5) is 0 Å². The highest BCUT2D eigenvalue weighted by Gasteiger charge is 2.33. The Bertz CT molecular complexity index is 841. The Labute approximate surface area is 165 Å². The van der Waals surface area contributed by atoms with E-state index >= 15 is 0 Å². The summed E-state index contributed by atoms with van der Waals surface area (Å²) in [6.07, 6.45) is 0.239. The largest absolute Gasteiger partial charge is 0.352 e. The van der Waals surface area contributed by atoms with Crippen LogP contribution in [0, 0.1) is 5.92 Å². The first kappa shape index (κ1) is 21.9. The van der Waals surface area contributed by atoms with Gasteiger partial charge in [0.1, 0.15) is 0 Å². The van der Waals surface area contributed by atoms with Gasteiger partial charge in [-0.1, -0.05) is 32.9 Å². The first-order chi connectivity index (χ1) is 13.0. The van der Waals surface area contributed by atoms with Gasteiger partial charge in [-0.15, -0.1) is 0 Å². The molecule has 0 aliphatic carbocycles. The molecule has 1 aliphatic heterocycles. The van der Waals surface area contributed by atoms with Crippen LogP contribution in [0.15, 0.2) is 24.3 Å². The number of nitrogens with one attached hydrogen (secondary N) is 3. The quantitative estimate of drug-likeness (QED) is 0.618. The fraction of sp³-hybridized carbons (Fsp3) is 0.526. The average molecular weight is 410 g/mol. The number of hydrogen-bond donors (Lipinski definition) is 3. The summed E-state index contributed by atoms with van der Waals surface area (Å²) in [6, 6.07) is 7.29. The summed E-state index contributed by atoms with van der Waals surface area (Å²) in [5.41, 5.74) is 6.10. The van der Waals surface area contributed by atoms with Gasteiger partial charge in [-0.25, -0.2) is 8.42 Å². The van der Waals surface area contributed by atoms with Crippen molar-refractivity contribution in [2.24, 2.45) is 5.92 Å². The SMILES string of the molecule is CC(C)(C)c1ccc(C(=O)NCCC(=O)NNC(=O)[C@H]2CCS(=O)(=O)C2)cc1. The van der Waals surface area contributed by atoms with Gasteiger partial charge in [0, 0.05) is 18.5 Å². The molecule has 1 heterocycles. The molecule has 28 heavy (non-hydrogen) atoms. The Balaban J connectivity index is 1.70. The number of carbonyl (C=O) groups is 3. The van der Waals surface area contributed by atoms with Crippen LogP contribution in [0.2, 0.25) is 0 Å². The van der Waals surface area contributed by atoms with Crippen LogP contribution in [0.1, 0.15) is 49.5 Å². The van der Waals surface area contributed by atoms with Crippen LogP contribution in [-0.2, 0) is 24.8 Å². The lowest BCUT2D eigenvalue weighted by molar-refractivity contribution is -0.130. The van der Waals surface area contributed by atoms with Crippen molar-refractivity contribution >= 4 is 27.6 Å². The van der Waals surface area contributed by atoms with Crippen LogP contribution < -0.4 is 16.2 Å². The van der Waals surface area contributed by atoms with Gasteiger partial charge in [-0.05, 0) is 29.5 Å². The summed E-state index contributed by atoms with van der Waals surface area (Å²) in [5, 5.41) is 2.65. The third-order valence-corrected chi connectivity index (χ3v) is 6.35. The number of benzene rings is 1. The van der Waals surface area contributed by atoms with Gasteiger partial charge in [0.05, 0.1) is 17.4 Å². The Kier molecular flexibility index (Phi) is 6.82. The van der Waals surface area contributed by atoms with Crippen molar-refractivity contribution in [1.29, 1.82) is 0 Å². The van der Waals surface area contributed by atoms with E-state index in [-0.39, 0.29) is 42.2 Å². The fourth-order valence-electron chi connectivity index (χ4n) is 2.81. The van der Waals surface area contributed by atoms with Gasteiger partial charge in [-0.3, -0.25) is 25.2 Å². The average Bonchev–Trinajstić information content (AvgIpc) is 2.99. The molecule has 3 N–H and O–H groups in total. The van der Waals surface area contributed by atoms with E-state index in [1.807, 2.05) is 12.1 Å². The van der Waals surface area contributed by atoms with Crippen molar-refractivity contribution in [3.05, 3.63) is 35.4 Å². The minimum absolute atomic E-state index is 0.000211. The monoisotopic (exact) mass is 409 g/mol. The molecule has 1 aromatic rings. The molecule has 8 nitrogen and oxygen atoms in total. The lowest BCUT2D eigenvalue weighted by atomic mass is 9.87. The zero-order valence-electron chi connectivity index (χ0n) is 16.4. The maximum Gasteiger partial charge on any atom is 0.251 e. The van der Waals surface area contributed by atoms with E-state index in [1.165, 1.54) is 0 Å². The van der Waals surface area contributed by atoms with E-state index in [1.54, 1.807) is 12.1 Å². The van der Waals surface area contributed by atoms with Gasteiger partial charge < -0.3 is 5.32 Å². The lowest BCUT2D eigenvalue weighted by Crippen LogP contribution is -2.45. The molecular weight excluding hydrogens is 382 g/mol. The van der Waals surface area contributed by atoms with Crippen molar-refractivity contribution in [3.63, 3.8) is 0 Å². The number of carbonyl (C=O) groups excluding carboxylic acids is 3. The second-order valence-corrected chi connectivity index (χ2v) is 10.2. The maximum absolute atomic E-state index is 12.1. The molecule has 3 amide bonds. The molecule has 0 radical (unpaired) electrons. The van der Waals surface area contributed by atoms with Crippen molar-refractivity contribution in [2.45, 2.75) is 39.0 Å². The lowest BCUT2D eigenvalue weighted by Gasteiger charge is -2.19. The maximum atomic E-state index is 12.1. The molecular formula is C19H27N3O5S. The van der Waals surface area contributed by atoms with Crippen molar-refractivity contribution in [2.75, 3.05) is 18.1 Å². The summed E-state index contributed by atoms with van der Waals surface area (Å²) >= 11 is 0. The van der Waals surface area contributed by atoms with E-state index in [0.29, 0.717) is 5.56 Å². The number of amides is 3. The van der Waals surface area contributed by atoms with E-state index in [9.17, 15) is 22.8 Å². The molecule has 1 saturated heterocycles. The highest BCUT2D eigenvalue weighted by Crippen LogP contribution is 2.22. The Morgan fingerprint density at radius 1 is 1.07 bits per heavy atom. The van der Waals surface area contributed by atoms with Crippen molar-refractivity contribution < 1.29 is 22.8 Å². The van der Waals surface area contributed by atoms with Gasteiger partial charge in [0.25, 0.3) is 5.91 Å². The molecule has 1 atom stereocenters. The Hall–Kier alpha value is -2.42. The van der Waals surface area contributed by atoms with Gasteiger partial charge >= 0.3 is 0 Å². The van der Waals surface area contributed by atoms with E-state index < -0.39 is 27.6 Å². The smallest absolute Gasteiger partial charge is 0.251 e. The van der Waals surface area contributed by atoms with E-state index in [4.69, 9.17) is 0 Å². The predicted octanol–water partition coefficient (Wildman–Crippen LogP) is 0.686. The van der Waals surface area contributed by atoms with Crippen LogP contribution in [-0.4, -0.2) is 44.2 Å². The minimum Gasteiger partial charge on any atom is -0.352 e. The normalized spacial score (nSPS) is 18.3. The van der Waals surface area contributed by atoms with Crippen LogP contribution >= 0.6 is 0 Å². The molecule has 0 saturated carbocycles. The van der Waals surface area contributed by atoms with Crippen LogP contribution in [0.5, 0.6) is 0 Å². The van der Waals surface area contributed by atoms with E-state index in [0.717, 1.165) is 5.56 Å². The van der Waals surface area contributed by atoms with Crippen LogP contribution in [0.3, 0.4) is 0 Å². The predicted molar refractivity (Wildman–Crippen MR) is 105 cm³/mol. The summed E-state index contributed by atoms with van der Waals surface area (Å²) < 4.78 is 22.7. The first-order valence-electron chi connectivity index (χ1n) is 9.16. The third kappa shape index (κ3) is 6.33. The fourth-order valence-corrected chi connectivity index (χ4v) is 4.55. The molecule has 9 heteroatoms. The van der Waals surface area contributed by atoms with Gasteiger partial charge in [0.2, 0.25) is 11.8 Å². The minimum atomic E-state index is -3.16. The molecule has 0 unspecified atom stereocenters. The van der Waals surface area contributed by atoms with Crippen molar-refractivity contribution in [3.8, 4) is 0 Å². The molecule has 1 aromatic carbocycles. The molecule has 154 valence electrons. The number of sulfone groups is 1. The number of rotatable bonds is 5. The molecule has 0 bridgehead atoms. The zero-order chi connectivity index (χ0) is 20.9. The Morgan fingerprint density at radius 2 is 1.71 bits per heavy atom. The summed E-state index contributed by atoms with van der Waals surface area (Å²) in [5.74, 6) is -2.12. The first-order valence-corrected chi connectivity index (χ1v) is 11.0. The summed E-state index contributed by atoms with van der Waals surface area (Å²) in [6.45, 7) is 6.38. The van der Waals surface area contributed by atoms with Gasteiger partial charge in [0.15, 0.2) is 9.84 Å². The number of hydrogen-bond acceptors (Lipinski definition) is 5. The highest BCUT2D eigenvalue weighted by atomic mass is 32.2. The third-order valence-electron chi connectivity index (χ3n) is 4.58. The molecule has 0 spiro atoms. The summed E-state index contributed by atoms with van der Waals surface area (Å²) in [4.78, 5) is 35.7. The number of hydrazine groups is 1. The standard InChI is InChI=1S/C19H27N3O5S/c1-19(2,3)15-6-4-13(5-7-15)17(24)20-10-8-16(23)21-22-18(25)14-9-11-28(26,27)12-14/h4-7,14H,8-12H2,1-3H3,(H,20,24)(H,21,23)(H,22,25)/t14-/m0/s1. The van der Waals surface area contributed by atoms with Gasteiger partial charge in [-0.2, -0.15) is 0 Å².